The number of hydrogen-bond donors (Lipinski definition) is 1. The third-order valence-corrected chi connectivity index (χ3v) is 2.63. The molecule has 0 bridgehead atoms. The van der Waals surface area contributed by atoms with E-state index in [9.17, 15) is 0 Å². The monoisotopic (exact) mass is 233 g/mol. The summed E-state index contributed by atoms with van der Waals surface area (Å²) in [5.74, 6) is 0.606. The van der Waals surface area contributed by atoms with E-state index in [1.807, 2.05) is 31.2 Å². The number of benzene rings is 1. The molecule has 0 saturated heterocycles. The highest BCUT2D eigenvalue weighted by molar-refractivity contribution is 6.31. The van der Waals surface area contributed by atoms with Crippen LogP contribution in [0.1, 0.15) is 18.5 Å². The maximum Gasteiger partial charge on any atom is 0.223 e. The molecule has 16 heavy (non-hydrogen) atoms. The van der Waals surface area contributed by atoms with E-state index in [2.05, 4.69) is 15.3 Å². The van der Waals surface area contributed by atoms with Gasteiger partial charge in [0.05, 0.1) is 6.04 Å². The van der Waals surface area contributed by atoms with Crippen LogP contribution in [-0.4, -0.2) is 9.97 Å². The van der Waals surface area contributed by atoms with Crippen LogP contribution in [0.3, 0.4) is 0 Å². The van der Waals surface area contributed by atoms with Gasteiger partial charge in [-0.2, -0.15) is 0 Å². The highest BCUT2D eigenvalue weighted by Gasteiger charge is 2.09. The summed E-state index contributed by atoms with van der Waals surface area (Å²) in [5, 5.41) is 3.94. The molecule has 0 spiro atoms. The lowest BCUT2D eigenvalue weighted by Gasteiger charge is -2.15. The average Bonchev–Trinajstić information content (AvgIpc) is 2.31. The lowest BCUT2D eigenvalue weighted by molar-refractivity contribution is 0.861. The number of aromatic nitrogens is 2. The fourth-order valence-corrected chi connectivity index (χ4v) is 1.77. The van der Waals surface area contributed by atoms with Gasteiger partial charge in [0.1, 0.15) is 0 Å². The molecule has 0 fully saturated rings. The van der Waals surface area contributed by atoms with Crippen molar-refractivity contribution < 1.29 is 0 Å². The molecule has 0 radical (unpaired) electrons. The van der Waals surface area contributed by atoms with Crippen molar-refractivity contribution in [2.24, 2.45) is 0 Å². The maximum atomic E-state index is 6.10. The van der Waals surface area contributed by atoms with Crippen LogP contribution in [0, 0.1) is 0 Å². The Bertz CT molecular complexity index is 459. The first-order chi connectivity index (χ1) is 7.77. The summed E-state index contributed by atoms with van der Waals surface area (Å²) < 4.78 is 0. The van der Waals surface area contributed by atoms with Crippen LogP contribution < -0.4 is 5.32 Å². The largest absolute Gasteiger partial charge is 0.348 e. The molecule has 1 atom stereocenters. The fraction of sp³-hybridized carbons (Fsp3) is 0.167. The van der Waals surface area contributed by atoms with E-state index >= 15 is 0 Å². The van der Waals surface area contributed by atoms with E-state index in [0.717, 1.165) is 10.6 Å². The van der Waals surface area contributed by atoms with Crippen molar-refractivity contribution in [1.82, 2.24) is 9.97 Å². The number of halogens is 1. The predicted molar refractivity (Wildman–Crippen MR) is 65.5 cm³/mol. The van der Waals surface area contributed by atoms with Crippen LogP contribution in [0.4, 0.5) is 5.95 Å². The van der Waals surface area contributed by atoms with Gasteiger partial charge >= 0.3 is 0 Å². The maximum absolute atomic E-state index is 6.10. The Morgan fingerprint density at radius 3 is 2.50 bits per heavy atom. The molecule has 0 aliphatic heterocycles. The Labute approximate surface area is 99.5 Å². The van der Waals surface area contributed by atoms with Gasteiger partial charge in [-0.15, -0.1) is 0 Å². The minimum atomic E-state index is 0.0797. The van der Waals surface area contributed by atoms with E-state index in [1.54, 1.807) is 18.5 Å². The first kappa shape index (κ1) is 10.9. The molecule has 0 amide bonds. The summed E-state index contributed by atoms with van der Waals surface area (Å²) in [4.78, 5) is 8.22. The number of anilines is 1. The first-order valence-electron chi connectivity index (χ1n) is 5.05. The SMILES string of the molecule is CC(Nc1ncccn1)c1ccccc1Cl. The zero-order valence-electron chi connectivity index (χ0n) is 8.89. The molecule has 0 aliphatic carbocycles. The summed E-state index contributed by atoms with van der Waals surface area (Å²) in [6.07, 6.45) is 3.41. The van der Waals surface area contributed by atoms with Crippen molar-refractivity contribution in [2.45, 2.75) is 13.0 Å². The molecule has 3 nitrogen and oxygen atoms in total. The lowest BCUT2D eigenvalue weighted by atomic mass is 10.1. The van der Waals surface area contributed by atoms with Crippen LogP contribution in [-0.2, 0) is 0 Å². The highest BCUT2D eigenvalue weighted by atomic mass is 35.5. The zero-order valence-corrected chi connectivity index (χ0v) is 9.65. The third-order valence-electron chi connectivity index (χ3n) is 2.28. The van der Waals surface area contributed by atoms with Crippen LogP contribution >= 0.6 is 11.6 Å². The van der Waals surface area contributed by atoms with E-state index < -0.39 is 0 Å². The second-order valence-electron chi connectivity index (χ2n) is 3.46. The molecule has 82 valence electrons. The van der Waals surface area contributed by atoms with Crippen LogP contribution in [0.25, 0.3) is 0 Å². The molecule has 1 heterocycles. The molecule has 1 aromatic carbocycles. The van der Waals surface area contributed by atoms with Gasteiger partial charge in [0.2, 0.25) is 5.95 Å². The smallest absolute Gasteiger partial charge is 0.223 e. The molecule has 1 aromatic heterocycles. The Morgan fingerprint density at radius 1 is 1.12 bits per heavy atom. The predicted octanol–water partition coefficient (Wildman–Crippen LogP) is 3.30. The summed E-state index contributed by atoms with van der Waals surface area (Å²) in [5.41, 5.74) is 1.04. The third kappa shape index (κ3) is 2.49. The topological polar surface area (TPSA) is 37.8 Å². The molecule has 1 N–H and O–H groups in total. The summed E-state index contributed by atoms with van der Waals surface area (Å²) in [7, 11) is 0. The molecule has 4 heteroatoms. The fourth-order valence-electron chi connectivity index (χ4n) is 1.47. The van der Waals surface area contributed by atoms with Gasteiger partial charge in [-0.1, -0.05) is 29.8 Å². The van der Waals surface area contributed by atoms with Crippen molar-refractivity contribution in [3.63, 3.8) is 0 Å². The second-order valence-corrected chi connectivity index (χ2v) is 3.87. The molecule has 0 saturated carbocycles. The zero-order chi connectivity index (χ0) is 11.4. The van der Waals surface area contributed by atoms with Crippen molar-refractivity contribution in [3.05, 3.63) is 53.3 Å². The van der Waals surface area contributed by atoms with E-state index in [-0.39, 0.29) is 6.04 Å². The number of nitrogens with zero attached hydrogens (tertiary/aromatic N) is 2. The van der Waals surface area contributed by atoms with Crippen LogP contribution in [0.5, 0.6) is 0 Å². The molecule has 0 aliphatic rings. The summed E-state index contributed by atoms with van der Waals surface area (Å²) >= 11 is 6.10. The van der Waals surface area contributed by atoms with Crippen molar-refractivity contribution in [3.8, 4) is 0 Å². The lowest BCUT2D eigenvalue weighted by Crippen LogP contribution is -2.09. The summed E-state index contributed by atoms with van der Waals surface area (Å²) in [6.45, 7) is 2.03. The second kappa shape index (κ2) is 4.94. The van der Waals surface area contributed by atoms with Gasteiger partial charge in [0.25, 0.3) is 0 Å². The Kier molecular flexibility index (Phi) is 3.37. The Morgan fingerprint density at radius 2 is 1.81 bits per heavy atom. The molecule has 2 aromatic rings. The van der Waals surface area contributed by atoms with Gasteiger partial charge in [0.15, 0.2) is 0 Å². The van der Waals surface area contributed by atoms with Crippen LogP contribution in [0.15, 0.2) is 42.7 Å². The minimum absolute atomic E-state index is 0.0797. The van der Waals surface area contributed by atoms with Crippen molar-refractivity contribution >= 4 is 17.5 Å². The van der Waals surface area contributed by atoms with Crippen molar-refractivity contribution in [2.75, 3.05) is 5.32 Å². The van der Waals surface area contributed by atoms with Gasteiger partial charge in [-0.3, -0.25) is 0 Å². The Hall–Kier alpha value is -1.61. The number of rotatable bonds is 3. The van der Waals surface area contributed by atoms with E-state index in [1.165, 1.54) is 0 Å². The number of nitrogens with one attached hydrogen (secondary N) is 1. The average molecular weight is 234 g/mol. The number of hydrogen-bond acceptors (Lipinski definition) is 3. The van der Waals surface area contributed by atoms with E-state index in [0.29, 0.717) is 5.95 Å². The van der Waals surface area contributed by atoms with E-state index in [4.69, 9.17) is 11.6 Å². The van der Waals surface area contributed by atoms with Gasteiger partial charge < -0.3 is 5.32 Å². The normalized spacial score (nSPS) is 12.1. The van der Waals surface area contributed by atoms with Gasteiger partial charge in [-0.05, 0) is 24.6 Å². The molecular formula is C12H12ClN3. The molecule has 2 rings (SSSR count). The van der Waals surface area contributed by atoms with Crippen LogP contribution in [0.2, 0.25) is 5.02 Å². The van der Waals surface area contributed by atoms with Crippen molar-refractivity contribution in [1.29, 1.82) is 0 Å². The standard InChI is InChI=1S/C12H12ClN3/c1-9(10-5-2-3-6-11(10)13)16-12-14-7-4-8-15-12/h2-9H,1H3,(H,14,15,16). The summed E-state index contributed by atoms with van der Waals surface area (Å²) in [6, 6.07) is 9.61. The minimum Gasteiger partial charge on any atom is -0.348 e. The highest BCUT2D eigenvalue weighted by Crippen LogP contribution is 2.24. The Balaban J connectivity index is 2.15. The molecule has 1 unspecified atom stereocenters. The van der Waals surface area contributed by atoms with Gasteiger partial charge in [0, 0.05) is 17.4 Å². The molecular weight excluding hydrogens is 222 g/mol. The quantitative estimate of drug-likeness (QED) is 0.884. The van der Waals surface area contributed by atoms with Gasteiger partial charge in [-0.25, -0.2) is 9.97 Å². The first-order valence-corrected chi connectivity index (χ1v) is 5.43.